The van der Waals surface area contributed by atoms with Crippen LogP contribution in [0.2, 0.25) is 0 Å². The van der Waals surface area contributed by atoms with E-state index in [-0.39, 0.29) is 5.92 Å². The fourth-order valence-electron chi connectivity index (χ4n) is 4.19. The van der Waals surface area contributed by atoms with Crippen molar-refractivity contribution < 1.29 is 9.90 Å². The molecule has 1 aromatic heterocycles. The van der Waals surface area contributed by atoms with Crippen LogP contribution in [-0.2, 0) is 10.4 Å². The minimum atomic E-state index is -0.960. The Morgan fingerprint density at radius 2 is 2.00 bits per heavy atom. The van der Waals surface area contributed by atoms with E-state index in [4.69, 9.17) is 0 Å². The predicted octanol–water partition coefficient (Wildman–Crippen LogP) is 1.85. The van der Waals surface area contributed by atoms with Crippen molar-refractivity contribution in [3.05, 3.63) is 22.4 Å². The van der Waals surface area contributed by atoms with E-state index in [1.54, 1.807) is 18.3 Å². The quantitative estimate of drug-likeness (QED) is 0.429. The zero-order valence-electron chi connectivity index (χ0n) is 18.4. The number of aliphatic hydroxyl groups is 1. The Hall–Kier alpha value is -1.64. The van der Waals surface area contributed by atoms with Gasteiger partial charge in [0.15, 0.2) is 5.96 Å². The second-order valence-electron chi connectivity index (χ2n) is 8.52. The summed E-state index contributed by atoms with van der Waals surface area (Å²) in [6, 6.07) is 3.89. The lowest BCUT2D eigenvalue weighted by molar-refractivity contribution is -0.137. The first-order chi connectivity index (χ1) is 14.5. The van der Waals surface area contributed by atoms with E-state index in [1.165, 1.54) is 12.8 Å². The zero-order chi connectivity index (χ0) is 21.4. The highest BCUT2D eigenvalue weighted by atomic mass is 32.1. The first kappa shape index (κ1) is 23.0. The highest BCUT2D eigenvalue weighted by Crippen LogP contribution is 2.27. The number of piperazine rings is 1. The fourth-order valence-corrected chi connectivity index (χ4v) is 4.97. The number of carbonyl (C=O) groups is 1. The SMILES string of the molecule is CCNC(=NCC(C)(O)c1cccs1)NCCN1CCN(C(=O)C2CCCC2)CC1. The van der Waals surface area contributed by atoms with Crippen LogP contribution in [0.4, 0.5) is 0 Å². The van der Waals surface area contributed by atoms with Gasteiger partial charge in [-0.15, -0.1) is 11.3 Å². The Labute approximate surface area is 184 Å². The van der Waals surface area contributed by atoms with Gasteiger partial charge in [-0.3, -0.25) is 9.69 Å². The maximum atomic E-state index is 12.6. The molecule has 3 N–H and O–H groups in total. The summed E-state index contributed by atoms with van der Waals surface area (Å²) < 4.78 is 0. The molecule has 3 rings (SSSR count). The number of nitrogens with zero attached hydrogens (tertiary/aromatic N) is 3. The summed E-state index contributed by atoms with van der Waals surface area (Å²) in [6.45, 7) is 10.2. The summed E-state index contributed by atoms with van der Waals surface area (Å²) in [5.41, 5.74) is -0.960. The molecule has 168 valence electrons. The number of guanidine groups is 1. The fraction of sp³-hybridized carbons (Fsp3) is 0.727. The van der Waals surface area contributed by atoms with Gasteiger partial charge in [-0.1, -0.05) is 18.9 Å². The van der Waals surface area contributed by atoms with Crippen LogP contribution in [0.1, 0.15) is 44.4 Å². The average Bonchev–Trinajstić information content (AvgIpc) is 3.46. The van der Waals surface area contributed by atoms with E-state index < -0.39 is 5.60 Å². The molecule has 1 atom stereocenters. The third kappa shape index (κ3) is 6.43. The summed E-state index contributed by atoms with van der Waals surface area (Å²) >= 11 is 1.55. The van der Waals surface area contributed by atoms with Gasteiger partial charge in [0.25, 0.3) is 0 Å². The molecular formula is C22H37N5O2S. The van der Waals surface area contributed by atoms with Crippen molar-refractivity contribution in [2.75, 3.05) is 52.4 Å². The third-order valence-electron chi connectivity index (χ3n) is 6.05. The van der Waals surface area contributed by atoms with E-state index in [9.17, 15) is 9.90 Å². The summed E-state index contributed by atoms with van der Waals surface area (Å²) in [5.74, 6) is 1.39. The van der Waals surface area contributed by atoms with Crippen LogP contribution in [0.15, 0.2) is 22.5 Å². The van der Waals surface area contributed by atoms with E-state index in [2.05, 4.69) is 25.4 Å². The molecule has 0 aromatic carbocycles. The Morgan fingerprint density at radius 3 is 2.63 bits per heavy atom. The number of aliphatic imine (C=N–C) groups is 1. The lowest BCUT2D eigenvalue weighted by atomic mass is 10.1. The third-order valence-corrected chi connectivity index (χ3v) is 7.17. The highest BCUT2D eigenvalue weighted by molar-refractivity contribution is 7.10. The second-order valence-corrected chi connectivity index (χ2v) is 9.47. The van der Waals surface area contributed by atoms with Gasteiger partial charge in [-0.25, -0.2) is 4.99 Å². The van der Waals surface area contributed by atoms with E-state index >= 15 is 0 Å². The van der Waals surface area contributed by atoms with Gasteiger partial charge >= 0.3 is 0 Å². The van der Waals surface area contributed by atoms with E-state index in [0.29, 0.717) is 12.5 Å². The van der Waals surface area contributed by atoms with Gasteiger partial charge in [0.05, 0.1) is 6.54 Å². The van der Waals surface area contributed by atoms with Crippen molar-refractivity contribution in [3.8, 4) is 0 Å². The van der Waals surface area contributed by atoms with Crippen molar-refractivity contribution in [2.24, 2.45) is 10.9 Å². The number of amides is 1. The van der Waals surface area contributed by atoms with Crippen molar-refractivity contribution in [1.29, 1.82) is 0 Å². The van der Waals surface area contributed by atoms with Crippen molar-refractivity contribution in [1.82, 2.24) is 20.4 Å². The van der Waals surface area contributed by atoms with Crippen LogP contribution >= 0.6 is 11.3 Å². The predicted molar refractivity (Wildman–Crippen MR) is 123 cm³/mol. The number of hydrogen-bond acceptors (Lipinski definition) is 5. The van der Waals surface area contributed by atoms with Crippen molar-refractivity contribution in [3.63, 3.8) is 0 Å². The summed E-state index contributed by atoms with van der Waals surface area (Å²) in [5, 5.41) is 19.3. The zero-order valence-corrected chi connectivity index (χ0v) is 19.2. The molecule has 1 saturated carbocycles. The van der Waals surface area contributed by atoms with Crippen LogP contribution in [-0.4, -0.2) is 79.1 Å². The Morgan fingerprint density at radius 1 is 1.27 bits per heavy atom. The molecule has 8 heteroatoms. The van der Waals surface area contributed by atoms with Gasteiger partial charge in [0.2, 0.25) is 5.91 Å². The molecule has 1 amide bonds. The first-order valence-electron chi connectivity index (χ1n) is 11.3. The van der Waals surface area contributed by atoms with Gasteiger partial charge in [0, 0.05) is 56.6 Å². The molecule has 1 aliphatic heterocycles. The van der Waals surface area contributed by atoms with Gasteiger partial charge in [-0.2, -0.15) is 0 Å². The smallest absolute Gasteiger partial charge is 0.225 e. The molecule has 1 saturated heterocycles. The molecule has 2 aliphatic rings. The summed E-state index contributed by atoms with van der Waals surface area (Å²) in [6.07, 6.45) is 4.57. The van der Waals surface area contributed by atoms with Crippen LogP contribution in [0.25, 0.3) is 0 Å². The molecule has 0 bridgehead atoms. The molecule has 2 heterocycles. The normalized spacial score (nSPS) is 20.9. The lowest BCUT2D eigenvalue weighted by Crippen LogP contribution is -2.52. The topological polar surface area (TPSA) is 80.2 Å². The molecule has 1 aliphatic carbocycles. The number of nitrogens with one attached hydrogen (secondary N) is 2. The number of thiophene rings is 1. The molecule has 2 fully saturated rings. The Balaban J connectivity index is 1.40. The number of carbonyl (C=O) groups excluding carboxylic acids is 1. The molecule has 0 spiro atoms. The first-order valence-corrected chi connectivity index (χ1v) is 12.2. The van der Waals surface area contributed by atoms with Crippen molar-refractivity contribution >= 4 is 23.2 Å². The van der Waals surface area contributed by atoms with Gasteiger partial charge < -0.3 is 20.6 Å². The Kier molecular flexibility index (Phi) is 8.53. The van der Waals surface area contributed by atoms with Crippen LogP contribution in [0.3, 0.4) is 0 Å². The molecule has 0 radical (unpaired) electrons. The van der Waals surface area contributed by atoms with E-state index in [1.807, 2.05) is 24.4 Å². The average molecular weight is 436 g/mol. The molecule has 30 heavy (non-hydrogen) atoms. The second kappa shape index (κ2) is 11.1. The molecule has 7 nitrogen and oxygen atoms in total. The highest BCUT2D eigenvalue weighted by Gasteiger charge is 2.29. The maximum Gasteiger partial charge on any atom is 0.225 e. The Bertz CT molecular complexity index is 678. The monoisotopic (exact) mass is 435 g/mol. The summed E-state index contributed by atoms with van der Waals surface area (Å²) in [4.78, 5) is 22.5. The largest absolute Gasteiger partial charge is 0.383 e. The number of hydrogen-bond donors (Lipinski definition) is 3. The molecule has 1 unspecified atom stereocenters. The van der Waals surface area contributed by atoms with Gasteiger partial charge in [0.1, 0.15) is 5.60 Å². The van der Waals surface area contributed by atoms with Crippen LogP contribution in [0.5, 0.6) is 0 Å². The van der Waals surface area contributed by atoms with Gasteiger partial charge in [-0.05, 0) is 38.1 Å². The molecule has 1 aromatic rings. The molecular weight excluding hydrogens is 398 g/mol. The standard InChI is InChI=1S/C22H37N5O2S/c1-3-23-21(25-17-22(2,29)19-9-6-16-30-19)24-10-11-26-12-14-27(15-13-26)20(28)18-7-4-5-8-18/h6,9,16,18,29H,3-5,7-8,10-15,17H2,1-2H3,(H2,23,24,25). The minimum absolute atomic E-state index is 0.281. The van der Waals surface area contributed by atoms with Crippen LogP contribution < -0.4 is 10.6 Å². The maximum absolute atomic E-state index is 12.6. The minimum Gasteiger partial charge on any atom is -0.383 e. The lowest BCUT2D eigenvalue weighted by Gasteiger charge is -2.36. The number of rotatable bonds is 8. The van der Waals surface area contributed by atoms with Crippen LogP contribution in [0, 0.1) is 5.92 Å². The summed E-state index contributed by atoms with van der Waals surface area (Å²) in [7, 11) is 0. The van der Waals surface area contributed by atoms with Crippen molar-refractivity contribution in [2.45, 2.75) is 45.1 Å². The van der Waals surface area contributed by atoms with E-state index in [0.717, 1.165) is 69.5 Å².